The molecule has 0 aliphatic carbocycles. The van der Waals surface area contributed by atoms with E-state index in [-0.39, 0.29) is 11.7 Å². The molecule has 5 rings (SSSR count). The van der Waals surface area contributed by atoms with E-state index in [1.807, 2.05) is 22.8 Å². The molecule has 1 aliphatic rings. The number of carbonyl (C=O) groups is 1. The topological polar surface area (TPSA) is 76.2 Å². The number of likely N-dealkylation sites (tertiary alicyclic amines) is 1. The fraction of sp³-hybridized carbons (Fsp3) is 0.190. The normalized spacial score (nSPS) is 16.3. The van der Waals surface area contributed by atoms with Crippen LogP contribution in [0.15, 0.2) is 59.3 Å². The smallest absolute Gasteiger partial charge is 0.321 e. The van der Waals surface area contributed by atoms with Crippen LogP contribution in [0.5, 0.6) is 0 Å². The van der Waals surface area contributed by atoms with E-state index in [0.717, 1.165) is 23.7 Å². The Balaban J connectivity index is 1.42. The largest absolute Gasteiger partial charge is 0.461 e. The molecule has 4 heterocycles. The number of furan rings is 1. The molecule has 0 spiro atoms. The van der Waals surface area contributed by atoms with Crippen molar-refractivity contribution in [1.82, 2.24) is 19.4 Å². The highest BCUT2D eigenvalue weighted by molar-refractivity contribution is 5.89. The number of rotatable bonds is 3. The van der Waals surface area contributed by atoms with Gasteiger partial charge >= 0.3 is 6.03 Å². The quantitative estimate of drug-likeness (QED) is 0.543. The first-order valence-corrected chi connectivity index (χ1v) is 9.48. The van der Waals surface area contributed by atoms with Crippen molar-refractivity contribution in [2.24, 2.45) is 0 Å². The van der Waals surface area contributed by atoms with E-state index in [1.54, 1.807) is 23.4 Å². The highest BCUT2D eigenvalue weighted by Crippen LogP contribution is 2.32. The number of fused-ring (bicyclic) bond motifs is 1. The third-order valence-electron chi connectivity index (χ3n) is 5.18. The number of nitrogens with zero attached hydrogens (tertiary/aromatic N) is 4. The lowest BCUT2D eigenvalue weighted by Crippen LogP contribution is -2.33. The molecule has 7 nitrogen and oxygen atoms in total. The number of benzene rings is 1. The summed E-state index contributed by atoms with van der Waals surface area (Å²) in [7, 11) is 0. The second-order valence-electron chi connectivity index (χ2n) is 7.07. The highest BCUT2D eigenvalue weighted by Gasteiger charge is 2.31. The Bertz CT molecular complexity index is 1220. The summed E-state index contributed by atoms with van der Waals surface area (Å²) in [6.45, 7) is 0.829. The van der Waals surface area contributed by atoms with Crippen LogP contribution in [0.1, 0.15) is 12.5 Å². The SMILES string of the molecule is O=C(Nc1cc(F)ccc1F)N1CC[C@H](n2c(-c3ccco3)nc3cccnc32)C1. The van der Waals surface area contributed by atoms with Gasteiger partial charge in [0.15, 0.2) is 17.2 Å². The van der Waals surface area contributed by atoms with E-state index in [2.05, 4.69) is 15.3 Å². The molecule has 3 aromatic heterocycles. The van der Waals surface area contributed by atoms with Gasteiger partial charge in [-0.3, -0.25) is 0 Å². The summed E-state index contributed by atoms with van der Waals surface area (Å²) in [4.78, 5) is 23.3. The number of halogens is 2. The fourth-order valence-electron chi connectivity index (χ4n) is 3.78. The first-order valence-electron chi connectivity index (χ1n) is 9.48. The Hall–Kier alpha value is -3.75. The van der Waals surface area contributed by atoms with Gasteiger partial charge in [0.05, 0.1) is 18.0 Å². The average Bonchev–Trinajstić information content (AvgIpc) is 3.49. The first-order chi connectivity index (χ1) is 14.6. The van der Waals surface area contributed by atoms with Crippen molar-refractivity contribution in [3.63, 3.8) is 0 Å². The van der Waals surface area contributed by atoms with E-state index in [0.29, 0.717) is 36.7 Å². The molecule has 0 saturated carbocycles. The molecule has 4 aromatic rings. The van der Waals surface area contributed by atoms with Crippen molar-refractivity contribution in [2.75, 3.05) is 18.4 Å². The van der Waals surface area contributed by atoms with Gasteiger partial charge in [-0.15, -0.1) is 0 Å². The lowest BCUT2D eigenvalue weighted by Gasteiger charge is -2.19. The van der Waals surface area contributed by atoms with Gasteiger partial charge in [-0.2, -0.15) is 0 Å². The monoisotopic (exact) mass is 409 g/mol. The number of nitrogens with one attached hydrogen (secondary N) is 1. The number of urea groups is 1. The van der Waals surface area contributed by atoms with Gasteiger partial charge in [-0.05, 0) is 42.8 Å². The molecule has 1 N–H and O–H groups in total. The van der Waals surface area contributed by atoms with Crippen molar-refractivity contribution in [3.8, 4) is 11.6 Å². The summed E-state index contributed by atoms with van der Waals surface area (Å²) in [5.74, 6) is -0.0645. The number of carbonyl (C=O) groups excluding carboxylic acids is 1. The zero-order valence-corrected chi connectivity index (χ0v) is 15.8. The zero-order valence-electron chi connectivity index (χ0n) is 15.8. The maximum atomic E-state index is 13.9. The molecule has 2 amide bonds. The summed E-state index contributed by atoms with van der Waals surface area (Å²) in [5, 5.41) is 2.45. The molecule has 9 heteroatoms. The van der Waals surface area contributed by atoms with Crippen molar-refractivity contribution in [1.29, 1.82) is 0 Å². The number of hydrogen-bond acceptors (Lipinski definition) is 4. The number of pyridine rings is 1. The Labute approximate surface area is 170 Å². The highest BCUT2D eigenvalue weighted by atomic mass is 19.1. The van der Waals surface area contributed by atoms with Gasteiger partial charge < -0.3 is 19.2 Å². The summed E-state index contributed by atoms with van der Waals surface area (Å²) in [5.41, 5.74) is 1.25. The van der Waals surface area contributed by atoms with Gasteiger partial charge in [0, 0.05) is 25.4 Å². The van der Waals surface area contributed by atoms with E-state index in [4.69, 9.17) is 4.42 Å². The second-order valence-corrected chi connectivity index (χ2v) is 7.07. The van der Waals surface area contributed by atoms with E-state index in [9.17, 15) is 13.6 Å². The zero-order chi connectivity index (χ0) is 20.7. The third-order valence-corrected chi connectivity index (χ3v) is 5.18. The van der Waals surface area contributed by atoms with Crippen LogP contribution in [0.3, 0.4) is 0 Å². The molecule has 0 bridgehead atoms. The fourth-order valence-corrected chi connectivity index (χ4v) is 3.78. The molecular formula is C21H17F2N5O2. The predicted octanol–water partition coefficient (Wildman–Crippen LogP) is 4.45. The van der Waals surface area contributed by atoms with Crippen LogP contribution in [-0.4, -0.2) is 38.6 Å². The van der Waals surface area contributed by atoms with Crippen LogP contribution in [0.2, 0.25) is 0 Å². The maximum absolute atomic E-state index is 13.9. The predicted molar refractivity (Wildman–Crippen MR) is 106 cm³/mol. The summed E-state index contributed by atoms with van der Waals surface area (Å²) < 4.78 is 34.8. The van der Waals surface area contributed by atoms with E-state index in [1.165, 1.54) is 0 Å². The third kappa shape index (κ3) is 3.18. The number of aromatic nitrogens is 3. The van der Waals surface area contributed by atoms with Crippen molar-refractivity contribution in [3.05, 3.63) is 66.6 Å². The second kappa shape index (κ2) is 7.25. The molecular weight excluding hydrogens is 392 g/mol. The first kappa shape index (κ1) is 18.3. The Morgan fingerprint density at radius 2 is 2.10 bits per heavy atom. The van der Waals surface area contributed by atoms with Gasteiger partial charge in [-0.1, -0.05) is 0 Å². The van der Waals surface area contributed by atoms with E-state index >= 15 is 0 Å². The van der Waals surface area contributed by atoms with Gasteiger partial charge in [0.1, 0.15) is 17.2 Å². The van der Waals surface area contributed by atoms with Crippen LogP contribution in [0.25, 0.3) is 22.7 Å². The van der Waals surface area contributed by atoms with Gasteiger partial charge in [0.2, 0.25) is 0 Å². The molecule has 1 aromatic carbocycles. The molecule has 152 valence electrons. The molecule has 1 fully saturated rings. The van der Waals surface area contributed by atoms with Crippen LogP contribution in [0.4, 0.5) is 19.3 Å². The average molecular weight is 409 g/mol. The summed E-state index contributed by atoms with van der Waals surface area (Å²) in [6.07, 6.45) is 3.93. The maximum Gasteiger partial charge on any atom is 0.321 e. The van der Waals surface area contributed by atoms with Crippen LogP contribution < -0.4 is 5.32 Å². The molecule has 1 atom stereocenters. The number of hydrogen-bond donors (Lipinski definition) is 1. The lowest BCUT2D eigenvalue weighted by molar-refractivity contribution is 0.221. The summed E-state index contributed by atoms with van der Waals surface area (Å²) >= 11 is 0. The van der Waals surface area contributed by atoms with Crippen molar-refractivity contribution < 1.29 is 18.0 Å². The van der Waals surface area contributed by atoms with Crippen molar-refractivity contribution >= 4 is 22.9 Å². The molecule has 1 saturated heterocycles. The van der Waals surface area contributed by atoms with Crippen LogP contribution in [-0.2, 0) is 0 Å². The van der Waals surface area contributed by atoms with Crippen molar-refractivity contribution in [2.45, 2.75) is 12.5 Å². The molecule has 30 heavy (non-hydrogen) atoms. The lowest BCUT2D eigenvalue weighted by atomic mass is 10.2. The number of imidazole rings is 1. The minimum Gasteiger partial charge on any atom is -0.461 e. The van der Waals surface area contributed by atoms with Gasteiger partial charge in [0.25, 0.3) is 0 Å². The standard InChI is InChI=1S/C21H17F2N5O2/c22-13-5-6-15(23)17(11-13)26-21(29)27-9-7-14(12-27)28-19-16(3-1-8-24-19)25-20(28)18-4-2-10-30-18/h1-6,8,10-11,14H,7,9,12H2,(H,26,29)/t14-/m0/s1. The number of amides is 2. The number of anilines is 1. The Kier molecular flexibility index (Phi) is 4.42. The van der Waals surface area contributed by atoms with Crippen LogP contribution in [0, 0.1) is 11.6 Å². The van der Waals surface area contributed by atoms with E-state index < -0.39 is 17.7 Å². The van der Waals surface area contributed by atoms with Gasteiger partial charge in [-0.25, -0.2) is 23.5 Å². The van der Waals surface area contributed by atoms with Crippen LogP contribution >= 0.6 is 0 Å². The minimum atomic E-state index is -0.689. The molecule has 0 radical (unpaired) electrons. The Morgan fingerprint density at radius 1 is 1.20 bits per heavy atom. The Morgan fingerprint density at radius 3 is 2.93 bits per heavy atom. The summed E-state index contributed by atoms with van der Waals surface area (Å²) in [6, 6.07) is 9.67. The molecule has 0 unspecified atom stereocenters. The molecule has 1 aliphatic heterocycles. The minimum absolute atomic E-state index is 0.0897.